The van der Waals surface area contributed by atoms with E-state index in [1.165, 1.54) is 0 Å². The molecule has 1 aliphatic heterocycles. The zero-order valence-electron chi connectivity index (χ0n) is 10.8. The van der Waals surface area contributed by atoms with E-state index in [1.807, 2.05) is 13.8 Å². The highest BCUT2D eigenvalue weighted by atomic mass is 16.7. The zero-order chi connectivity index (χ0) is 11.8. The summed E-state index contributed by atoms with van der Waals surface area (Å²) >= 11 is 0. The Bertz CT molecular complexity index is 172. The van der Waals surface area contributed by atoms with Gasteiger partial charge in [-0.05, 0) is 20.3 Å². The summed E-state index contributed by atoms with van der Waals surface area (Å²) in [5, 5.41) is 0. The van der Waals surface area contributed by atoms with Crippen molar-refractivity contribution >= 4 is 0 Å². The van der Waals surface area contributed by atoms with Crippen LogP contribution in [-0.4, -0.2) is 56.7 Å². The second-order valence-corrected chi connectivity index (χ2v) is 3.97. The van der Waals surface area contributed by atoms with Crippen LogP contribution in [-0.2, 0) is 14.2 Å². The summed E-state index contributed by atoms with van der Waals surface area (Å²) in [5.41, 5.74) is 0. The molecule has 1 rings (SSSR count). The molecule has 1 fully saturated rings. The normalized spacial score (nSPS) is 22.9. The van der Waals surface area contributed by atoms with Gasteiger partial charge < -0.3 is 14.2 Å². The summed E-state index contributed by atoms with van der Waals surface area (Å²) in [6.07, 6.45) is 1.02. The molecule has 1 atom stereocenters. The Morgan fingerprint density at radius 1 is 1.25 bits per heavy atom. The highest BCUT2D eigenvalue weighted by Gasteiger charge is 2.24. The Kier molecular flexibility index (Phi) is 6.96. The van der Waals surface area contributed by atoms with Gasteiger partial charge in [0, 0.05) is 32.3 Å². The van der Waals surface area contributed by atoms with Gasteiger partial charge in [-0.3, -0.25) is 4.90 Å². The van der Waals surface area contributed by atoms with Gasteiger partial charge in [0.2, 0.25) is 0 Å². The van der Waals surface area contributed by atoms with Crippen LogP contribution in [0.1, 0.15) is 27.2 Å². The van der Waals surface area contributed by atoms with Crippen LogP contribution in [0, 0.1) is 0 Å². The molecule has 16 heavy (non-hydrogen) atoms. The van der Waals surface area contributed by atoms with Gasteiger partial charge in [-0.2, -0.15) is 0 Å². The molecule has 0 spiro atoms. The molecule has 0 saturated carbocycles. The minimum Gasteiger partial charge on any atom is -0.378 e. The summed E-state index contributed by atoms with van der Waals surface area (Å²) in [5.74, 6) is 0. The van der Waals surface area contributed by atoms with E-state index in [2.05, 4.69) is 11.8 Å². The first-order chi connectivity index (χ1) is 7.81. The largest absolute Gasteiger partial charge is 0.378 e. The summed E-state index contributed by atoms with van der Waals surface area (Å²) in [6.45, 7) is 11.1. The molecule has 0 aromatic heterocycles. The molecule has 0 aromatic carbocycles. The Labute approximate surface area is 98.8 Å². The molecule has 0 radical (unpaired) electrons. The van der Waals surface area contributed by atoms with E-state index >= 15 is 0 Å². The smallest absolute Gasteiger partial charge is 0.170 e. The molecule has 0 aliphatic carbocycles. The average molecular weight is 231 g/mol. The summed E-state index contributed by atoms with van der Waals surface area (Å²) in [6, 6.07) is 0.511. The van der Waals surface area contributed by atoms with Crippen LogP contribution in [0.4, 0.5) is 0 Å². The first kappa shape index (κ1) is 13.9. The fourth-order valence-corrected chi connectivity index (χ4v) is 2.02. The van der Waals surface area contributed by atoms with Crippen molar-refractivity contribution in [3.8, 4) is 0 Å². The van der Waals surface area contributed by atoms with Crippen molar-refractivity contribution in [2.75, 3.05) is 39.5 Å². The second-order valence-electron chi connectivity index (χ2n) is 3.97. The van der Waals surface area contributed by atoms with Crippen molar-refractivity contribution < 1.29 is 14.2 Å². The standard InChI is InChI=1S/C12H25NO3/c1-4-11-10-14-8-7-13(11)9-12(15-5-2)16-6-3/h11-12H,4-10H2,1-3H3. The van der Waals surface area contributed by atoms with Crippen LogP contribution < -0.4 is 0 Å². The van der Waals surface area contributed by atoms with E-state index in [-0.39, 0.29) is 6.29 Å². The van der Waals surface area contributed by atoms with E-state index in [0.717, 1.165) is 32.7 Å². The van der Waals surface area contributed by atoms with Gasteiger partial charge in [0.1, 0.15) is 0 Å². The minimum atomic E-state index is -0.0952. The van der Waals surface area contributed by atoms with Crippen LogP contribution in [0.15, 0.2) is 0 Å². The molecule has 4 heteroatoms. The van der Waals surface area contributed by atoms with E-state index in [1.54, 1.807) is 0 Å². The Morgan fingerprint density at radius 3 is 2.50 bits per heavy atom. The van der Waals surface area contributed by atoms with Crippen LogP contribution in [0.5, 0.6) is 0 Å². The van der Waals surface area contributed by atoms with Crippen molar-refractivity contribution in [3.63, 3.8) is 0 Å². The lowest BCUT2D eigenvalue weighted by Gasteiger charge is -2.36. The third-order valence-electron chi connectivity index (χ3n) is 2.91. The average Bonchev–Trinajstić information content (AvgIpc) is 2.30. The molecule has 0 amide bonds. The molecule has 1 aliphatic rings. The van der Waals surface area contributed by atoms with E-state index < -0.39 is 0 Å². The maximum absolute atomic E-state index is 5.57. The van der Waals surface area contributed by atoms with Crippen LogP contribution in [0.25, 0.3) is 0 Å². The van der Waals surface area contributed by atoms with Crippen molar-refractivity contribution in [2.45, 2.75) is 39.5 Å². The number of hydrogen-bond donors (Lipinski definition) is 0. The Hall–Kier alpha value is -0.160. The summed E-state index contributed by atoms with van der Waals surface area (Å²) in [4.78, 5) is 2.42. The van der Waals surface area contributed by atoms with Crippen LogP contribution >= 0.6 is 0 Å². The summed E-state index contributed by atoms with van der Waals surface area (Å²) < 4.78 is 16.6. The third kappa shape index (κ3) is 4.37. The maximum atomic E-state index is 5.57. The molecule has 1 saturated heterocycles. The van der Waals surface area contributed by atoms with Gasteiger partial charge in [-0.25, -0.2) is 0 Å². The van der Waals surface area contributed by atoms with Crippen molar-refractivity contribution in [1.29, 1.82) is 0 Å². The van der Waals surface area contributed by atoms with Crippen molar-refractivity contribution in [3.05, 3.63) is 0 Å². The monoisotopic (exact) mass is 231 g/mol. The van der Waals surface area contributed by atoms with Crippen molar-refractivity contribution in [2.24, 2.45) is 0 Å². The van der Waals surface area contributed by atoms with Gasteiger partial charge in [0.15, 0.2) is 6.29 Å². The Morgan fingerprint density at radius 2 is 1.94 bits per heavy atom. The third-order valence-corrected chi connectivity index (χ3v) is 2.91. The van der Waals surface area contributed by atoms with E-state index in [9.17, 15) is 0 Å². The summed E-state index contributed by atoms with van der Waals surface area (Å²) in [7, 11) is 0. The molecular weight excluding hydrogens is 206 g/mol. The number of hydrogen-bond acceptors (Lipinski definition) is 4. The molecule has 1 unspecified atom stereocenters. The van der Waals surface area contributed by atoms with Gasteiger partial charge >= 0.3 is 0 Å². The fourth-order valence-electron chi connectivity index (χ4n) is 2.02. The fraction of sp³-hybridized carbons (Fsp3) is 1.00. The molecule has 0 bridgehead atoms. The minimum absolute atomic E-state index is 0.0952. The maximum Gasteiger partial charge on any atom is 0.170 e. The van der Waals surface area contributed by atoms with Gasteiger partial charge in [-0.1, -0.05) is 6.92 Å². The number of morpholine rings is 1. The predicted molar refractivity (Wildman–Crippen MR) is 63.5 cm³/mol. The highest BCUT2D eigenvalue weighted by molar-refractivity contribution is 4.74. The molecule has 0 N–H and O–H groups in total. The SMILES string of the molecule is CCOC(CN1CCOCC1CC)OCC. The number of ether oxygens (including phenoxy) is 3. The van der Waals surface area contributed by atoms with Gasteiger partial charge in [-0.15, -0.1) is 0 Å². The van der Waals surface area contributed by atoms with E-state index in [4.69, 9.17) is 14.2 Å². The van der Waals surface area contributed by atoms with E-state index in [0.29, 0.717) is 19.3 Å². The lowest BCUT2D eigenvalue weighted by Crippen LogP contribution is -2.49. The number of rotatable bonds is 7. The predicted octanol–water partition coefficient (Wildman–Crippen LogP) is 1.50. The van der Waals surface area contributed by atoms with Crippen LogP contribution in [0.2, 0.25) is 0 Å². The van der Waals surface area contributed by atoms with Gasteiger partial charge in [0.05, 0.1) is 13.2 Å². The lowest BCUT2D eigenvalue weighted by atomic mass is 10.2. The van der Waals surface area contributed by atoms with Gasteiger partial charge in [0.25, 0.3) is 0 Å². The molecule has 0 aromatic rings. The zero-order valence-corrected chi connectivity index (χ0v) is 10.8. The first-order valence-electron chi connectivity index (χ1n) is 6.36. The first-order valence-corrected chi connectivity index (χ1v) is 6.36. The van der Waals surface area contributed by atoms with Crippen molar-refractivity contribution in [1.82, 2.24) is 4.90 Å². The molecule has 1 heterocycles. The highest BCUT2D eigenvalue weighted by Crippen LogP contribution is 2.12. The van der Waals surface area contributed by atoms with Crippen LogP contribution in [0.3, 0.4) is 0 Å². The molecular formula is C12H25NO3. The molecule has 96 valence electrons. The molecule has 4 nitrogen and oxygen atoms in total. The quantitative estimate of drug-likeness (QED) is 0.621. The second kappa shape index (κ2) is 8.01. The topological polar surface area (TPSA) is 30.9 Å². The number of nitrogens with zero attached hydrogens (tertiary/aromatic N) is 1. The lowest BCUT2D eigenvalue weighted by molar-refractivity contribution is -0.159. The Balaban J connectivity index is 2.40.